The molecule has 0 unspecified atom stereocenters. The van der Waals surface area contributed by atoms with Gasteiger partial charge in [-0.1, -0.05) is 13.0 Å². The van der Waals surface area contributed by atoms with Gasteiger partial charge in [-0.05, 0) is 36.9 Å². The van der Waals surface area contributed by atoms with E-state index in [1.807, 2.05) is 43.5 Å². The number of nitrogens with one attached hydrogen (secondary N) is 1. The zero-order valence-corrected chi connectivity index (χ0v) is 11.3. The van der Waals surface area contributed by atoms with Crippen molar-refractivity contribution in [2.24, 2.45) is 0 Å². The molecule has 2 aromatic heterocycles. The summed E-state index contributed by atoms with van der Waals surface area (Å²) in [6.45, 7) is 4.04. The van der Waals surface area contributed by atoms with Crippen LogP contribution in [0.5, 0.6) is 0 Å². The Hall–Kier alpha value is -1.68. The summed E-state index contributed by atoms with van der Waals surface area (Å²) in [5, 5.41) is 4.94. The maximum Gasteiger partial charge on any atom is 0.253 e. The molecule has 94 valence electrons. The third kappa shape index (κ3) is 2.96. The van der Waals surface area contributed by atoms with Crippen LogP contribution in [0.15, 0.2) is 35.8 Å². The van der Waals surface area contributed by atoms with E-state index in [4.69, 9.17) is 0 Å². The van der Waals surface area contributed by atoms with Gasteiger partial charge in [0.2, 0.25) is 0 Å². The Bertz CT molecular complexity index is 505. The first-order valence-electron chi connectivity index (χ1n) is 6.01. The largest absolute Gasteiger partial charge is 0.350 e. The number of hydrogen-bond acceptors (Lipinski definition) is 3. The summed E-state index contributed by atoms with van der Waals surface area (Å²) in [4.78, 5) is 17.3. The van der Waals surface area contributed by atoms with E-state index in [0.29, 0.717) is 5.56 Å². The summed E-state index contributed by atoms with van der Waals surface area (Å²) in [6.07, 6.45) is 2.55. The van der Waals surface area contributed by atoms with Crippen LogP contribution in [-0.4, -0.2) is 16.9 Å². The van der Waals surface area contributed by atoms with Gasteiger partial charge >= 0.3 is 0 Å². The first-order chi connectivity index (χ1) is 8.70. The maximum atomic E-state index is 11.9. The molecule has 1 amide bonds. The zero-order valence-electron chi connectivity index (χ0n) is 10.5. The molecule has 4 heteroatoms. The van der Waals surface area contributed by atoms with E-state index in [9.17, 15) is 4.79 Å². The molecule has 0 fully saturated rings. The number of carbonyl (C=O) groups is 1. The highest BCUT2D eigenvalue weighted by molar-refractivity contribution is 7.13. The van der Waals surface area contributed by atoms with E-state index in [-0.39, 0.29) is 11.9 Å². The van der Waals surface area contributed by atoms with Gasteiger partial charge in [0.15, 0.2) is 0 Å². The van der Waals surface area contributed by atoms with Gasteiger partial charge in [-0.25, -0.2) is 0 Å². The highest BCUT2D eigenvalue weighted by Gasteiger charge is 2.09. The Morgan fingerprint density at radius 1 is 1.44 bits per heavy atom. The lowest BCUT2D eigenvalue weighted by Gasteiger charge is -2.11. The summed E-state index contributed by atoms with van der Waals surface area (Å²) >= 11 is 1.64. The van der Waals surface area contributed by atoms with Crippen LogP contribution in [0.4, 0.5) is 0 Å². The summed E-state index contributed by atoms with van der Waals surface area (Å²) in [5.41, 5.74) is 1.51. The molecule has 1 N–H and O–H groups in total. The first kappa shape index (κ1) is 12.8. The van der Waals surface area contributed by atoms with E-state index < -0.39 is 0 Å². The van der Waals surface area contributed by atoms with Crippen LogP contribution >= 0.6 is 11.3 Å². The Kier molecular flexibility index (Phi) is 4.10. The quantitative estimate of drug-likeness (QED) is 0.916. The summed E-state index contributed by atoms with van der Waals surface area (Å²) in [5.74, 6) is -0.0606. The number of amides is 1. The van der Waals surface area contributed by atoms with Crippen LogP contribution in [0.2, 0.25) is 0 Å². The number of carbonyl (C=O) groups excluding carboxylic acids is 1. The number of hydrogen-bond donors (Lipinski definition) is 1. The molecular formula is C14H16N2OS. The molecule has 0 aliphatic heterocycles. The first-order valence-corrected chi connectivity index (χ1v) is 6.89. The average Bonchev–Trinajstić information content (AvgIpc) is 2.92. The normalized spacial score (nSPS) is 12.1. The fourth-order valence-corrected chi connectivity index (χ4v) is 2.21. The monoisotopic (exact) mass is 260 g/mol. The molecule has 0 aliphatic carbocycles. The van der Waals surface area contributed by atoms with Crippen molar-refractivity contribution in [2.45, 2.75) is 26.3 Å². The topological polar surface area (TPSA) is 42.0 Å². The van der Waals surface area contributed by atoms with Crippen molar-refractivity contribution < 1.29 is 4.79 Å². The Morgan fingerprint density at radius 3 is 2.83 bits per heavy atom. The van der Waals surface area contributed by atoms with E-state index in [0.717, 1.165) is 17.0 Å². The van der Waals surface area contributed by atoms with Crippen molar-refractivity contribution in [3.05, 3.63) is 41.4 Å². The third-order valence-corrected chi connectivity index (χ3v) is 3.68. The summed E-state index contributed by atoms with van der Waals surface area (Å²) < 4.78 is 0. The molecule has 0 saturated heterocycles. The van der Waals surface area contributed by atoms with E-state index in [2.05, 4.69) is 10.3 Å². The van der Waals surface area contributed by atoms with Gasteiger partial charge in [0.1, 0.15) is 0 Å². The molecule has 0 radical (unpaired) electrons. The minimum atomic E-state index is -0.0606. The molecule has 18 heavy (non-hydrogen) atoms. The van der Waals surface area contributed by atoms with Crippen LogP contribution in [-0.2, 0) is 0 Å². The Labute approximate surface area is 111 Å². The second kappa shape index (κ2) is 5.78. The van der Waals surface area contributed by atoms with Crippen LogP contribution < -0.4 is 5.32 Å². The summed E-state index contributed by atoms with van der Waals surface area (Å²) in [6, 6.07) is 7.91. The third-order valence-electron chi connectivity index (χ3n) is 2.79. The molecule has 2 aromatic rings. The molecule has 0 aliphatic rings. The molecule has 2 rings (SSSR count). The lowest BCUT2D eigenvalue weighted by molar-refractivity contribution is 0.0939. The number of rotatable bonds is 4. The molecule has 0 bridgehead atoms. The van der Waals surface area contributed by atoms with E-state index in [1.165, 1.54) is 0 Å². The zero-order chi connectivity index (χ0) is 13.0. The standard InChI is InChI=1S/C14H16N2OS/c1-3-10(2)16-14(17)11-6-7-12(15-9-11)13-5-4-8-18-13/h4-10H,3H2,1-2H3,(H,16,17)/t10-/m1/s1. The number of thiophene rings is 1. The predicted octanol–water partition coefficient (Wildman–Crippen LogP) is 3.34. The van der Waals surface area contributed by atoms with Crippen molar-refractivity contribution in [3.63, 3.8) is 0 Å². The number of nitrogens with zero attached hydrogens (tertiary/aromatic N) is 1. The van der Waals surface area contributed by atoms with Gasteiger partial charge in [0.05, 0.1) is 16.1 Å². The Balaban J connectivity index is 2.10. The fourth-order valence-electron chi connectivity index (χ4n) is 1.51. The van der Waals surface area contributed by atoms with Gasteiger partial charge < -0.3 is 5.32 Å². The molecular weight excluding hydrogens is 244 g/mol. The van der Waals surface area contributed by atoms with Crippen LogP contribution in [0.25, 0.3) is 10.6 Å². The second-order valence-electron chi connectivity index (χ2n) is 4.19. The van der Waals surface area contributed by atoms with Gasteiger partial charge in [-0.15, -0.1) is 11.3 Å². The van der Waals surface area contributed by atoms with Crippen molar-refractivity contribution in [1.29, 1.82) is 0 Å². The highest BCUT2D eigenvalue weighted by Crippen LogP contribution is 2.22. The molecule has 0 aromatic carbocycles. The molecule has 0 spiro atoms. The van der Waals surface area contributed by atoms with E-state index in [1.54, 1.807) is 17.5 Å². The lowest BCUT2D eigenvalue weighted by atomic mass is 10.2. The molecule has 0 saturated carbocycles. The number of aromatic nitrogens is 1. The molecule has 1 atom stereocenters. The van der Waals surface area contributed by atoms with Gasteiger partial charge in [-0.3, -0.25) is 9.78 Å². The minimum Gasteiger partial charge on any atom is -0.350 e. The maximum absolute atomic E-state index is 11.9. The van der Waals surface area contributed by atoms with Crippen molar-refractivity contribution in [3.8, 4) is 10.6 Å². The predicted molar refractivity (Wildman–Crippen MR) is 74.8 cm³/mol. The van der Waals surface area contributed by atoms with Crippen LogP contribution in [0.1, 0.15) is 30.6 Å². The van der Waals surface area contributed by atoms with Gasteiger partial charge in [0, 0.05) is 12.2 Å². The number of pyridine rings is 1. The second-order valence-corrected chi connectivity index (χ2v) is 5.14. The molecule has 2 heterocycles. The van der Waals surface area contributed by atoms with Crippen molar-refractivity contribution in [1.82, 2.24) is 10.3 Å². The minimum absolute atomic E-state index is 0.0606. The summed E-state index contributed by atoms with van der Waals surface area (Å²) in [7, 11) is 0. The van der Waals surface area contributed by atoms with Crippen LogP contribution in [0, 0.1) is 0 Å². The highest BCUT2D eigenvalue weighted by atomic mass is 32.1. The van der Waals surface area contributed by atoms with Gasteiger partial charge in [0.25, 0.3) is 5.91 Å². The van der Waals surface area contributed by atoms with Gasteiger partial charge in [-0.2, -0.15) is 0 Å². The average molecular weight is 260 g/mol. The Morgan fingerprint density at radius 2 is 2.28 bits per heavy atom. The van der Waals surface area contributed by atoms with E-state index >= 15 is 0 Å². The van der Waals surface area contributed by atoms with Crippen molar-refractivity contribution >= 4 is 17.2 Å². The smallest absolute Gasteiger partial charge is 0.253 e. The SMILES string of the molecule is CC[C@@H](C)NC(=O)c1ccc(-c2cccs2)nc1. The van der Waals surface area contributed by atoms with Crippen LogP contribution in [0.3, 0.4) is 0 Å². The fraction of sp³-hybridized carbons (Fsp3) is 0.286. The lowest BCUT2D eigenvalue weighted by Crippen LogP contribution is -2.31. The molecule has 3 nitrogen and oxygen atoms in total. The van der Waals surface area contributed by atoms with Crippen molar-refractivity contribution in [2.75, 3.05) is 0 Å².